The standard InChI is InChI=1S/C31H34N6O5/c1-17-5-4-6-26(18(17)2)42-16-20(38)15-33-23-7-10-32-29(39)27(23)28-34-24-13-21-22(14-25(24)35-28)31(41)37(30(21)40)19-8-11-36(3)12-9-19/h4-7,10,13-14,19-20,38H,8-9,11-12,15-16H2,1-3H3,(H,34,35)(H2,32,33,39). The minimum Gasteiger partial charge on any atom is -0.491 e. The molecule has 2 aromatic carbocycles. The van der Waals surface area contributed by atoms with Crippen molar-refractivity contribution in [2.24, 2.45) is 0 Å². The van der Waals surface area contributed by atoms with Gasteiger partial charge in [0.05, 0.1) is 27.8 Å². The average Bonchev–Trinajstić information content (AvgIpc) is 3.49. The number of pyridine rings is 1. The zero-order chi connectivity index (χ0) is 29.5. The number of hydrogen-bond acceptors (Lipinski definition) is 8. The minimum absolute atomic E-state index is 0.0721. The summed E-state index contributed by atoms with van der Waals surface area (Å²) in [5, 5.41) is 13.7. The van der Waals surface area contributed by atoms with E-state index >= 15 is 0 Å². The number of aromatic amines is 2. The largest absolute Gasteiger partial charge is 0.491 e. The first-order valence-corrected chi connectivity index (χ1v) is 14.1. The molecule has 1 fully saturated rings. The Kier molecular flexibility index (Phi) is 7.29. The number of aromatic nitrogens is 3. The van der Waals surface area contributed by atoms with Crippen LogP contribution in [0.3, 0.4) is 0 Å². The van der Waals surface area contributed by atoms with Gasteiger partial charge >= 0.3 is 0 Å². The summed E-state index contributed by atoms with van der Waals surface area (Å²) in [5.74, 6) is 0.408. The second-order valence-electron chi connectivity index (χ2n) is 11.2. The van der Waals surface area contributed by atoms with Crippen LogP contribution >= 0.6 is 0 Å². The number of rotatable bonds is 8. The lowest BCUT2D eigenvalue weighted by Gasteiger charge is -2.33. The molecule has 4 aromatic rings. The van der Waals surface area contributed by atoms with E-state index in [1.165, 1.54) is 11.1 Å². The third-order valence-electron chi connectivity index (χ3n) is 8.28. The summed E-state index contributed by atoms with van der Waals surface area (Å²) in [6.07, 6.45) is 2.17. The predicted molar refractivity (Wildman–Crippen MR) is 159 cm³/mol. The Morgan fingerprint density at radius 3 is 2.60 bits per heavy atom. The van der Waals surface area contributed by atoms with E-state index in [1.807, 2.05) is 39.1 Å². The van der Waals surface area contributed by atoms with Crippen LogP contribution in [0.1, 0.15) is 44.7 Å². The number of carbonyl (C=O) groups excluding carboxylic acids is 2. The quantitative estimate of drug-likeness (QED) is 0.237. The van der Waals surface area contributed by atoms with E-state index in [0.29, 0.717) is 33.6 Å². The lowest BCUT2D eigenvalue weighted by Crippen LogP contribution is -2.46. The number of ether oxygens (including phenoxy) is 1. The number of benzene rings is 2. The van der Waals surface area contributed by atoms with Gasteiger partial charge in [0.15, 0.2) is 0 Å². The lowest BCUT2D eigenvalue weighted by atomic mass is 10.0. The molecule has 2 aliphatic rings. The number of nitrogens with one attached hydrogen (secondary N) is 3. The van der Waals surface area contributed by atoms with Crippen LogP contribution < -0.4 is 15.6 Å². The van der Waals surface area contributed by atoms with E-state index in [2.05, 4.69) is 25.2 Å². The van der Waals surface area contributed by atoms with Crippen LogP contribution in [0.2, 0.25) is 0 Å². The number of H-pyrrole nitrogens is 2. The SMILES string of the molecule is Cc1cccc(OCC(O)CNc2cc[nH]c(=O)c2-c2nc3cc4c(cc3[nH]2)C(=O)N(C2CCN(C)CC2)C4=O)c1C. The Morgan fingerprint density at radius 2 is 1.83 bits per heavy atom. The zero-order valence-electron chi connectivity index (χ0n) is 23.9. The van der Waals surface area contributed by atoms with Gasteiger partial charge in [-0.3, -0.25) is 19.3 Å². The summed E-state index contributed by atoms with van der Waals surface area (Å²) >= 11 is 0. The van der Waals surface area contributed by atoms with E-state index in [0.717, 1.165) is 37.1 Å². The molecule has 11 nitrogen and oxygen atoms in total. The van der Waals surface area contributed by atoms with Crippen LogP contribution in [0.5, 0.6) is 5.75 Å². The van der Waals surface area contributed by atoms with Gasteiger partial charge in [0.2, 0.25) is 0 Å². The number of carbonyl (C=O) groups is 2. The molecular formula is C31H34N6O5. The number of imidazole rings is 1. The number of fused-ring (bicyclic) bond motifs is 2. The van der Waals surface area contributed by atoms with Gasteiger partial charge in [0.25, 0.3) is 17.4 Å². The van der Waals surface area contributed by atoms with Gasteiger partial charge in [0.1, 0.15) is 29.8 Å². The average molecular weight is 571 g/mol. The molecule has 218 valence electrons. The molecule has 2 aliphatic heterocycles. The summed E-state index contributed by atoms with van der Waals surface area (Å²) in [7, 11) is 2.03. The number of piperidine rings is 1. The molecule has 42 heavy (non-hydrogen) atoms. The monoisotopic (exact) mass is 570 g/mol. The van der Waals surface area contributed by atoms with Crippen molar-refractivity contribution in [3.63, 3.8) is 0 Å². The molecule has 2 aromatic heterocycles. The molecule has 1 unspecified atom stereocenters. The van der Waals surface area contributed by atoms with Crippen molar-refractivity contribution in [2.75, 3.05) is 38.6 Å². The van der Waals surface area contributed by atoms with Crippen molar-refractivity contribution < 1.29 is 19.4 Å². The maximum Gasteiger partial charge on any atom is 0.261 e. The van der Waals surface area contributed by atoms with Gasteiger partial charge in [0, 0.05) is 18.8 Å². The lowest BCUT2D eigenvalue weighted by molar-refractivity contribution is 0.0516. The van der Waals surface area contributed by atoms with Crippen molar-refractivity contribution in [2.45, 2.75) is 38.8 Å². The fourth-order valence-corrected chi connectivity index (χ4v) is 5.68. The van der Waals surface area contributed by atoms with Crippen LogP contribution in [0.25, 0.3) is 22.4 Å². The van der Waals surface area contributed by atoms with Gasteiger partial charge < -0.3 is 30.0 Å². The highest BCUT2D eigenvalue weighted by molar-refractivity contribution is 6.23. The highest BCUT2D eigenvalue weighted by Crippen LogP contribution is 2.32. The number of aliphatic hydroxyl groups is 1. The van der Waals surface area contributed by atoms with Crippen molar-refractivity contribution in [1.29, 1.82) is 0 Å². The summed E-state index contributed by atoms with van der Waals surface area (Å²) < 4.78 is 5.82. The first kappa shape index (κ1) is 27.7. The molecule has 2 amide bonds. The Labute approximate surface area is 242 Å². The molecule has 4 N–H and O–H groups in total. The molecule has 0 radical (unpaired) electrons. The number of imide groups is 1. The fourth-order valence-electron chi connectivity index (χ4n) is 5.68. The number of hydrogen-bond donors (Lipinski definition) is 4. The first-order valence-electron chi connectivity index (χ1n) is 14.1. The van der Waals surface area contributed by atoms with Gasteiger partial charge in [-0.1, -0.05) is 12.1 Å². The van der Waals surface area contributed by atoms with E-state index in [1.54, 1.807) is 18.2 Å². The van der Waals surface area contributed by atoms with Crippen molar-refractivity contribution in [3.8, 4) is 17.1 Å². The van der Waals surface area contributed by atoms with Gasteiger partial charge in [-0.15, -0.1) is 0 Å². The van der Waals surface area contributed by atoms with Gasteiger partial charge in [-0.25, -0.2) is 4.98 Å². The summed E-state index contributed by atoms with van der Waals surface area (Å²) in [5.41, 5.74) is 4.16. The molecule has 0 aliphatic carbocycles. The van der Waals surface area contributed by atoms with E-state index in [4.69, 9.17) is 4.74 Å². The van der Waals surface area contributed by atoms with Gasteiger partial charge in [-0.2, -0.15) is 0 Å². The third kappa shape index (κ3) is 5.05. The Morgan fingerprint density at radius 1 is 1.10 bits per heavy atom. The second-order valence-corrected chi connectivity index (χ2v) is 11.2. The molecule has 11 heteroatoms. The van der Waals surface area contributed by atoms with Gasteiger partial charge in [-0.05, 0) is 82.2 Å². The topological polar surface area (TPSA) is 144 Å². The highest BCUT2D eigenvalue weighted by Gasteiger charge is 2.41. The van der Waals surface area contributed by atoms with E-state index < -0.39 is 6.10 Å². The van der Waals surface area contributed by atoms with Crippen molar-refractivity contribution >= 4 is 28.5 Å². The third-order valence-corrected chi connectivity index (χ3v) is 8.28. The fraction of sp³-hybridized carbons (Fsp3) is 0.355. The van der Waals surface area contributed by atoms with Crippen LogP contribution in [0, 0.1) is 13.8 Å². The molecule has 0 saturated carbocycles. The zero-order valence-corrected chi connectivity index (χ0v) is 23.9. The predicted octanol–water partition coefficient (Wildman–Crippen LogP) is 3.08. The van der Waals surface area contributed by atoms with Crippen LogP contribution in [0.4, 0.5) is 5.69 Å². The minimum atomic E-state index is -0.847. The smallest absolute Gasteiger partial charge is 0.261 e. The van der Waals surface area contributed by atoms with E-state index in [-0.39, 0.29) is 48.0 Å². The molecule has 4 heterocycles. The number of likely N-dealkylation sites (tertiary alicyclic amines) is 1. The van der Waals surface area contributed by atoms with Crippen LogP contribution in [-0.4, -0.2) is 87.1 Å². The number of aryl methyl sites for hydroxylation is 1. The molecule has 1 saturated heterocycles. The Hall–Kier alpha value is -4.48. The van der Waals surface area contributed by atoms with Crippen molar-refractivity contribution in [1.82, 2.24) is 24.8 Å². The normalized spacial score (nSPS) is 16.7. The first-order chi connectivity index (χ1) is 20.2. The summed E-state index contributed by atoms with van der Waals surface area (Å²) in [4.78, 5) is 53.6. The van der Waals surface area contributed by atoms with Crippen LogP contribution in [-0.2, 0) is 0 Å². The highest BCUT2D eigenvalue weighted by atomic mass is 16.5. The molecule has 0 bridgehead atoms. The summed E-state index contributed by atoms with van der Waals surface area (Å²) in [6, 6.07) is 10.6. The van der Waals surface area contributed by atoms with Crippen molar-refractivity contribution in [3.05, 3.63) is 75.2 Å². The molecule has 0 spiro atoms. The molecule has 1 atom stereocenters. The Bertz CT molecular complexity index is 1680. The number of nitrogens with zero attached hydrogens (tertiary/aromatic N) is 3. The van der Waals surface area contributed by atoms with Crippen LogP contribution in [0.15, 0.2) is 47.4 Å². The Balaban J connectivity index is 1.21. The summed E-state index contributed by atoms with van der Waals surface area (Å²) in [6.45, 7) is 5.84. The maximum atomic E-state index is 13.3. The number of aliphatic hydroxyl groups excluding tert-OH is 1. The second kappa shape index (κ2) is 11.1. The number of anilines is 1. The molecule has 6 rings (SSSR count). The number of amides is 2. The van der Waals surface area contributed by atoms with E-state index in [9.17, 15) is 19.5 Å². The molecular weight excluding hydrogens is 536 g/mol. The maximum absolute atomic E-state index is 13.3.